The molecular formula is C19H21N7O4. The van der Waals surface area contributed by atoms with E-state index in [-0.39, 0.29) is 24.5 Å². The zero-order valence-electron chi connectivity index (χ0n) is 16.0. The van der Waals surface area contributed by atoms with Gasteiger partial charge in [0.15, 0.2) is 5.82 Å². The number of para-hydroxylation sites is 1. The quantitative estimate of drug-likeness (QED) is 0.412. The van der Waals surface area contributed by atoms with Gasteiger partial charge in [0.05, 0.1) is 16.6 Å². The molecule has 0 radical (unpaired) electrons. The van der Waals surface area contributed by atoms with Crippen molar-refractivity contribution in [2.75, 3.05) is 17.3 Å². The smallest absolute Gasteiger partial charge is 0.319 e. The molecule has 1 saturated heterocycles. The molecule has 1 saturated carbocycles. The van der Waals surface area contributed by atoms with Crippen LogP contribution >= 0.6 is 0 Å². The Morgan fingerprint density at radius 2 is 2.10 bits per heavy atom. The Labute approximate surface area is 170 Å². The number of hydrogen-bond acceptors (Lipinski definition) is 6. The molecule has 1 aliphatic heterocycles. The Morgan fingerprint density at radius 1 is 1.30 bits per heavy atom. The molecule has 2 aliphatic rings. The lowest BCUT2D eigenvalue weighted by atomic mass is 10.2. The van der Waals surface area contributed by atoms with Crippen LogP contribution in [0.1, 0.15) is 25.7 Å². The minimum atomic E-state index is -0.250. The second kappa shape index (κ2) is 8.23. The van der Waals surface area contributed by atoms with Crippen molar-refractivity contribution in [1.29, 1.82) is 0 Å². The van der Waals surface area contributed by atoms with Gasteiger partial charge in [-0.3, -0.25) is 20.0 Å². The van der Waals surface area contributed by atoms with E-state index in [1.54, 1.807) is 5.01 Å². The minimum Gasteiger partial charge on any atom is -0.483 e. The van der Waals surface area contributed by atoms with E-state index in [4.69, 9.17) is 9.90 Å². The number of nitrogens with zero attached hydrogens (tertiary/aromatic N) is 3. The zero-order valence-corrected chi connectivity index (χ0v) is 16.0. The lowest BCUT2D eigenvalue weighted by molar-refractivity contribution is -0.126. The monoisotopic (exact) mass is 411 g/mol. The van der Waals surface area contributed by atoms with Crippen molar-refractivity contribution in [3.63, 3.8) is 0 Å². The van der Waals surface area contributed by atoms with Crippen LogP contribution < -0.4 is 16.1 Å². The highest BCUT2D eigenvalue weighted by molar-refractivity contribution is 6.15. The van der Waals surface area contributed by atoms with Crippen molar-refractivity contribution < 1.29 is 19.5 Å². The number of carbonyl (C=O) groups excluding carboxylic acids is 2. The van der Waals surface area contributed by atoms with Crippen LogP contribution in [-0.4, -0.2) is 56.1 Å². The molecule has 1 aromatic carbocycles. The van der Waals surface area contributed by atoms with Gasteiger partial charge in [0.1, 0.15) is 12.0 Å². The molecule has 5 N–H and O–H groups in total. The van der Waals surface area contributed by atoms with E-state index in [0.717, 1.165) is 35.6 Å². The van der Waals surface area contributed by atoms with Gasteiger partial charge in [-0.1, -0.05) is 12.1 Å². The van der Waals surface area contributed by atoms with Gasteiger partial charge in [0, 0.05) is 24.4 Å². The van der Waals surface area contributed by atoms with E-state index < -0.39 is 0 Å². The first-order chi connectivity index (χ1) is 14.6. The molecule has 3 amide bonds. The van der Waals surface area contributed by atoms with Crippen molar-refractivity contribution in [2.24, 2.45) is 0 Å². The van der Waals surface area contributed by atoms with E-state index in [0.29, 0.717) is 30.1 Å². The second-order valence-corrected chi connectivity index (χ2v) is 7.04. The van der Waals surface area contributed by atoms with Crippen molar-refractivity contribution >= 4 is 51.9 Å². The number of carboxylic acid groups (broad SMARTS) is 1. The molecular weight excluding hydrogens is 390 g/mol. The molecule has 3 heterocycles. The topological polar surface area (TPSA) is 152 Å². The molecule has 30 heavy (non-hydrogen) atoms. The maximum Gasteiger partial charge on any atom is 0.319 e. The number of rotatable bonds is 4. The van der Waals surface area contributed by atoms with Gasteiger partial charge >= 0.3 is 6.03 Å². The summed E-state index contributed by atoms with van der Waals surface area (Å²) in [6.45, 7) is 0.404. The summed E-state index contributed by atoms with van der Waals surface area (Å²) >= 11 is 0. The zero-order chi connectivity index (χ0) is 21.1. The number of urea groups is 1. The lowest BCUT2D eigenvalue weighted by Gasteiger charge is -2.17. The van der Waals surface area contributed by atoms with E-state index in [1.807, 2.05) is 18.2 Å². The number of carbonyl (C=O) groups is 3. The fourth-order valence-electron chi connectivity index (χ4n) is 3.40. The summed E-state index contributed by atoms with van der Waals surface area (Å²) in [7, 11) is 0. The van der Waals surface area contributed by atoms with Crippen LogP contribution in [0.5, 0.6) is 0 Å². The highest BCUT2D eigenvalue weighted by atomic mass is 16.3. The SMILES string of the molecule is O=C(Nc1cccc2c1[nH]c1ncnc(NN3CCCC3=O)c12)NC1CC1.O=CO. The maximum absolute atomic E-state index is 12.1. The van der Waals surface area contributed by atoms with Gasteiger partial charge in [-0.2, -0.15) is 0 Å². The standard InChI is InChI=1S/C18H19N7O2.CH2O2/c26-13-5-2-8-25(13)24-17-14-11-3-1-4-12(22-18(27)21-10-6-7-10)15(11)23-16(14)19-9-20-17;2-1-3/h1,3-4,9-10H,2,5-8H2,(H2,21,22,27)(H2,19,20,23,24);1H,(H,2,3). The largest absolute Gasteiger partial charge is 0.483 e. The van der Waals surface area contributed by atoms with E-state index in [2.05, 4.69) is 31.0 Å². The summed E-state index contributed by atoms with van der Waals surface area (Å²) in [5.74, 6) is 0.627. The summed E-state index contributed by atoms with van der Waals surface area (Å²) in [4.78, 5) is 44.3. The lowest BCUT2D eigenvalue weighted by Crippen LogP contribution is -2.31. The van der Waals surface area contributed by atoms with Crippen molar-refractivity contribution in [3.8, 4) is 0 Å². The average molecular weight is 411 g/mol. The highest BCUT2D eigenvalue weighted by Gasteiger charge is 2.24. The number of fused-ring (bicyclic) bond motifs is 3. The van der Waals surface area contributed by atoms with Gasteiger partial charge in [-0.25, -0.2) is 14.8 Å². The van der Waals surface area contributed by atoms with Crippen molar-refractivity contribution in [1.82, 2.24) is 25.3 Å². The minimum absolute atomic E-state index is 0.0562. The predicted molar refractivity (Wildman–Crippen MR) is 110 cm³/mol. The first-order valence-corrected chi connectivity index (χ1v) is 9.58. The number of anilines is 2. The van der Waals surface area contributed by atoms with Crippen molar-refractivity contribution in [2.45, 2.75) is 31.7 Å². The third kappa shape index (κ3) is 3.95. The Hall–Kier alpha value is -3.89. The molecule has 2 aromatic heterocycles. The fraction of sp³-hybridized carbons (Fsp3) is 0.316. The third-order valence-electron chi connectivity index (χ3n) is 4.90. The summed E-state index contributed by atoms with van der Waals surface area (Å²) in [6.07, 6.45) is 4.89. The Morgan fingerprint density at radius 3 is 2.80 bits per heavy atom. The summed E-state index contributed by atoms with van der Waals surface area (Å²) in [5.41, 5.74) is 5.21. The predicted octanol–water partition coefficient (Wildman–Crippen LogP) is 2.05. The normalized spacial score (nSPS) is 15.6. The van der Waals surface area contributed by atoms with Gasteiger partial charge in [-0.15, -0.1) is 0 Å². The molecule has 156 valence electrons. The molecule has 0 atom stereocenters. The van der Waals surface area contributed by atoms with Gasteiger partial charge in [0.2, 0.25) is 5.91 Å². The Bertz CT molecular complexity index is 1110. The molecule has 3 aromatic rings. The Balaban J connectivity index is 0.000000687. The summed E-state index contributed by atoms with van der Waals surface area (Å²) < 4.78 is 0. The molecule has 0 unspecified atom stereocenters. The number of aromatic nitrogens is 3. The molecule has 5 rings (SSSR count). The molecule has 0 bridgehead atoms. The average Bonchev–Trinajstić information content (AvgIpc) is 3.30. The number of H-pyrrole nitrogens is 1. The van der Waals surface area contributed by atoms with Crippen LogP contribution in [0.3, 0.4) is 0 Å². The number of amides is 3. The van der Waals surface area contributed by atoms with E-state index >= 15 is 0 Å². The number of nitrogens with one attached hydrogen (secondary N) is 4. The van der Waals surface area contributed by atoms with Gasteiger partial charge < -0.3 is 20.7 Å². The number of benzene rings is 1. The fourth-order valence-corrected chi connectivity index (χ4v) is 3.40. The van der Waals surface area contributed by atoms with Crippen LogP contribution in [0.25, 0.3) is 21.9 Å². The van der Waals surface area contributed by atoms with Gasteiger partial charge in [-0.05, 0) is 25.3 Å². The van der Waals surface area contributed by atoms with Crippen LogP contribution in [-0.2, 0) is 9.59 Å². The molecule has 11 nitrogen and oxygen atoms in total. The molecule has 1 aliphatic carbocycles. The first kappa shape index (κ1) is 19.4. The van der Waals surface area contributed by atoms with Crippen LogP contribution in [0.4, 0.5) is 16.3 Å². The van der Waals surface area contributed by atoms with Crippen LogP contribution in [0.2, 0.25) is 0 Å². The highest BCUT2D eigenvalue weighted by Crippen LogP contribution is 2.33. The second-order valence-electron chi connectivity index (χ2n) is 7.04. The van der Waals surface area contributed by atoms with Gasteiger partial charge in [0.25, 0.3) is 6.47 Å². The van der Waals surface area contributed by atoms with Crippen LogP contribution in [0, 0.1) is 0 Å². The summed E-state index contributed by atoms with van der Waals surface area (Å²) in [6, 6.07) is 5.73. The van der Waals surface area contributed by atoms with Crippen molar-refractivity contribution in [3.05, 3.63) is 24.5 Å². The summed E-state index contributed by atoms with van der Waals surface area (Å²) in [5, 5.41) is 16.0. The number of hydrazine groups is 1. The first-order valence-electron chi connectivity index (χ1n) is 9.58. The third-order valence-corrected chi connectivity index (χ3v) is 4.90. The van der Waals surface area contributed by atoms with E-state index in [1.165, 1.54) is 6.33 Å². The Kier molecular flexibility index (Phi) is 5.33. The van der Waals surface area contributed by atoms with Crippen LogP contribution in [0.15, 0.2) is 24.5 Å². The number of aromatic amines is 1. The number of hydrogen-bond donors (Lipinski definition) is 5. The molecule has 11 heteroatoms. The molecule has 2 fully saturated rings. The van der Waals surface area contributed by atoms with E-state index in [9.17, 15) is 9.59 Å². The molecule has 0 spiro atoms. The maximum atomic E-state index is 12.1.